The molecular weight excluding hydrogens is 94.1 g/mol. The van der Waals surface area contributed by atoms with Gasteiger partial charge < -0.3 is 11.5 Å². The molecule has 0 aromatic carbocycles. The largest absolute Gasteiger partial charge is 0.327 e. The maximum atomic E-state index is 5.24. The Morgan fingerprint density at radius 1 is 1.71 bits per heavy atom. The van der Waals surface area contributed by atoms with Crippen LogP contribution in [0.4, 0.5) is 0 Å². The highest BCUT2D eigenvalue weighted by molar-refractivity contribution is 4.63. The summed E-state index contributed by atoms with van der Waals surface area (Å²) in [5.74, 6) is 4.71. The van der Waals surface area contributed by atoms with Crippen LogP contribution in [0.25, 0.3) is 0 Å². The predicted octanol–water partition coefficient (Wildman–Crippen LogP) is -1.49. The van der Waals surface area contributed by atoms with E-state index in [0.717, 1.165) is 0 Å². The minimum absolute atomic E-state index is 0.226. The van der Waals surface area contributed by atoms with Crippen LogP contribution in [0.2, 0.25) is 0 Å². The smallest absolute Gasteiger partial charge is 0.146 e. The fourth-order valence-electron chi connectivity index (χ4n) is 0.0481. The summed E-state index contributed by atoms with van der Waals surface area (Å²) in [6.07, 6.45) is 0. The molecule has 1 unspecified atom stereocenters. The molecule has 4 nitrogen and oxygen atoms in total. The van der Waals surface area contributed by atoms with E-state index in [0.29, 0.717) is 0 Å². The average Bonchev–Trinajstić information content (AvgIpc) is 1.68. The van der Waals surface area contributed by atoms with Crippen molar-refractivity contribution in [2.24, 2.45) is 17.4 Å². The third kappa shape index (κ3) is 2.52. The summed E-state index contributed by atoms with van der Waals surface area (Å²) in [6, 6.07) is 0. The summed E-state index contributed by atoms with van der Waals surface area (Å²) in [4.78, 5) is 4.24. The molecule has 0 rings (SSSR count). The van der Waals surface area contributed by atoms with Crippen molar-refractivity contribution in [3.63, 3.8) is 0 Å². The molecule has 0 radical (unpaired) electrons. The molecule has 0 saturated heterocycles. The van der Waals surface area contributed by atoms with Gasteiger partial charge in [-0.05, 0) is 6.92 Å². The van der Waals surface area contributed by atoms with E-state index in [1.54, 1.807) is 6.92 Å². The van der Waals surface area contributed by atoms with E-state index in [-0.39, 0.29) is 6.54 Å². The van der Waals surface area contributed by atoms with Gasteiger partial charge in [-0.3, -0.25) is 4.84 Å². The van der Waals surface area contributed by atoms with Gasteiger partial charge in [-0.1, -0.05) is 0 Å². The van der Waals surface area contributed by atoms with E-state index in [9.17, 15) is 0 Å². The summed E-state index contributed by atoms with van der Waals surface area (Å²) >= 11 is 0. The molecule has 0 heterocycles. The van der Waals surface area contributed by atoms with E-state index >= 15 is 0 Å². The summed E-state index contributed by atoms with van der Waals surface area (Å²) in [7, 11) is 0. The van der Waals surface area contributed by atoms with Gasteiger partial charge in [0.15, 0.2) is 0 Å². The van der Waals surface area contributed by atoms with Gasteiger partial charge in [0.25, 0.3) is 0 Å². The van der Waals surface area contributed by atoms with Crippen LogP contribution in [-0.2, 0) is 4.84 Å². The third-order valence-electron chi connectivity index (χ3n) is 0.675. The molecule has 0 fully saturated rings. The second kappa shape index (κ2) is 2.23. The van der Waals surface area contributed by atoms with E-state index < -0.39 is 5.72 Å². The third-order valence-corrected chi connectivity index (χ3v) is 0.675. The standard InChI is InChI=1S/C3H11N3O/c1-3(5,2-4)7-6/h2,4-6H2,1H3. The number of rotatable bonds is 2. The van der Waals surface area contributed by atoms with Gasteiger partial charge in [0.2, 0.25) is 0 Å². The molecule has 0 aromatic heterocycles. The summed E-state index contributed by atoms with van der Waals surface area (Å²) < 4.78 is 0. The maximum absolute atomic E-state index is 5.24. The van der Waals surface area contributed by atoms with Crippen LogP contribution in [0.15, 0.2) is 0 Å². The minimum atomic E-state index is -0.861. The lowest BCUT2D eigenvalue weighted by Crippen LogP contribution is -2.48. The number of hydrogen-bond donors (Lipinski definition) is 3. The monoisotopic (exact) mass is 105 g/mol. The molecule has 0 spiro atoms. The second-order valence-corrected chi connectivity index (χ2v) is 1.63. The molecule has 1 atom stereocenters. The van der Waals surface area contributed by atoms with E-state index in [1.165, 1.54) is 0 Å². The lowest BCUT2D eigenvalue weighted by atomic mass is 10.3. The first-order valence-corrected chi connectivity index (χ1v) is 1.99. The Bertz CT molecular complexity index is 48.1. The molecule has 0 amide bonds. The molecule has 0 aliphatic rings. The Morgan fingerprint density at radius 3 is 2.14 bits per heavy atom. The Hall–Kier alpha value is -0.160. The fraction of sp³-hybridized carbons (Fsp3) is 1.00. The van der Waals surface area contributed by atoms with Gasteiger partial charge >= 0.3 is 0 Å². The zero-order chi connectivity index (χ0) is 5.91. The predicted molar refractivity (Wildman–Crippen MR) is 26.9 cm³/mol. The lowest BCUT2D eigenvalue weighted by Gasteiger charge is -2.17. The van der Waals surface area contributed by atoms with Crippen molar-refractivity contribution in [2.75, 3.05) is 6.54 Å². The van der Waals surface area contributed by atoms with Crippen LogP contribution in [0, 0.1) is 0 Å². The van der Waals surface area contributed by atoms with E-state index in [1.807, 2.05) is 0 Å². The zero-order valence-electron chi connectivity index (χ0n) is 4.35. The molecule has 44 valence electrons. The quantitative estimate of drug-likeness (QED) is 0.295. The van der Waals surface area contributed by atoms with Crippen molar-refractivity contribution in [3.05, 3.63) is 0 Å². The molecule has 7 heavy (non-hydrogen) atoms. The zero-order valence-corrected chi connectivity index (χ0v) is 4.35. The Morgan fingerprint density at radius 2 is 2.14 bits per heavy atom. The molecule has 0 bridgehead atoms. The topological polar surface area (TPSA) is 87.3 Å². The van der Waals surface area contributed by atoms with Crippen LogP contribution in [-0.4, -0.2) is 12.3 Å². The summed E-state index contributed by atoms with van der Waals surface area (Å²) in [5.41, 5.74) is 9.47. The van der Waals surface area contributed by atoms with Crippen LogP contribution in [0.1, 0.15) is 6.92 Å². The Labute approximate surface area is 42.6 Å². The van der Waals surface area contributed by atoms with Crippen molar-refractivity contribution in [1.82, 2.24) is 0 Å². The highest BCUT2D eigenvalue weighted by Crippen LogP contribution is 1.90. The van der Waals surface area contributed by atoms with Crippen molar-refractivity contribution in [3.8, 4) is 0 Å². The molecule has 0 aliphatic carbocycles. The van der Waals surface area contributed by atoms with Gasteiger partial charge in [-0.15, -0.1) is 0 Å². The first kappa shape index (κ1) is 6.84. The average molecular weight is 105 g/mol. The summed E-state index contributed by atoms with van der Waals surface area (Å²) in [5, 5.41) is 0. The van der Waals surface area contributed by atoms with Crippen molar-refractivity contribution in [2.45, 2.75) is 12.6 Å². The van der Waals surface area contributed by atoms with E-state index in [4.69, 9.17) is 17.4 Å². The first-order chi connectivity index (χ1) is 3.12. The van der Waals surface area contributed by atoms with Crippen molar-refractivity contribution >= 4 is 0 Å². The van der Waals surface area contributed by atoms with E-state index in [2.05, 4.69) is 4.84 Å². The van der Waals surface area contributed by atoms with Crippen molar-refractivity contribution < 1.29 is 4.84 Å². The normalized spacial score (nSPS) is 18.9. The van der Waals surface area contributed by atoms with Gasteiger partial charge in [-0.25, -0.2) is 5.90 Å². The van der Waals surface area contributed by atoms with Crippen molar-refractivity contribution in [1.29, 1.82) is 0 Å². The highest BCUT2D eigenvalue weighted by Gasteiger charge is 2.13. The van der Waals surface area contributed by atoms with Crippen LogP contribution in [0.5, 0.6) is 0 Å². The van der Waals surface area contributed by atoms with Gasteiger partial charge in [0.05, 0.1) is 0 Å². The number of hydrogen-bond acceptors (Lipinski definition) is 4. The second-order valence-electron chi connectivity index (χ2n) is 1.63. The van der Waals surface area contributed by atoms with Crippen LogP contribution >= 0.6 is 0 Å². The molecular formula is C3H11N3O. The van der Waals surface area contributed by atoms with Gasteiger partial charge in [0.1, 0.15) is 5.72 Å². The SMILES string of the molecule is CC(N)(CN)ON. The first-order valence-electron chi connectivity index (χ1n) is 1.99. The molecule has 6 N–H and O–H groups in total. The molecule has 4 heteroatoms. The lowest BCUT2D eigenvalue weighted by molar-refractivity contribution is -0.0217. The molecule has 0 aliphatic heterocycles. The Balaban J connectivity index is 3.36. The van der Waals surface area contributed by atoms with Gasteiger partial charge in [0, 0.05) is 6.54 Å². The minimum Gasteiger partial charge on any atom is -0.327 e. The summed E-state index contributed by atoms with van der Waals surface area (Å²) in [6.45, 7) is 1.83. The fourth-order valence-corrected chi connectivity index (χ4v) is 0.0481. The van der Waals surface area contributed by atoms with Gasteiger partial charge in [-0.2, -0.15) is 0 Å². The molecule has 0 aromatic rings. The van der Waals surface area contributed by atoms with Crippen LogP contribution < -0.4 is 17.4 Å². The highest BCUT2D eigenvalue weighted by atomic mass is 16.6. The molecule has 0 saturated carbocycles. The van der Waals surface area contributed by atoms with Crippen LogP contribution in [0.3, 0.4) is 0 Å². The Kier molecular flexibility index (Phi) is 2.17. The maximum Gasteiger partial charge on any atom is 0.146 e. The number of nitrogens with two attached hydrogens (primary N) is 3.